The van der Waals surface area contributed by atoms with Crippen LogP contribution in [0.5, 0.6) is 0 Å². The molecule has 0 aromatic heterocycles. The fourth-order valence-corrected chi connectivity index (χ4v) is 2.49. The second kappa shape index (κ2) is 5.07. The van der Waals surface area contributed by atoms with Gasteiger partial charge in [-0.1, -0.05) is 24.3 Å². The third kappa shape index (κ3) is 2.97. The Morgan fingerprint density at radius 1 is 1.11 bits per heavy atom. The van der Waals surface area contributed by atoms with E-state index in [1.165, 1.54) is 6.07 Å². The van der Waals surface area contributed by atoms with Crippen LogP contribution >= 0.6 is 0 Å². The first kappa shape index (κ1) is 13.6. The highest BCUT2D eigenvalue weighted by Gasteiger charge is 2.16. The molecule has 0 spiro atoms. The predicted molar refractivity (Wildman–Crippen MR) is 73.4 cm³/mol. The van der Waals surface area contributed by atoms with Crippen LogP contribution in [0.25, 0.3) is 10.8 Å². The van der Waals surface area contributed by atoms with Gasteiger partial charge in [0.1, 0.15) is 4.90 Å². The van der Waals surface area contributed by atoms with E-state index >= 15 is 0 Å². The molecule has 19 heavy (non-hydrogen) atoms. The summed E-state index contributed by atoms with van der Waals surface area (Å²) in [4.78, 5) is -0.150. The molecule has 0 saturated heterocycles. The van der Waals surface area contributed by atoms with Crippen molar-refractivity contribution in [3.05, 3.63) is 36.4 Å². The normalized spacial score (nSPS) is 12.6. The average Bonchev–Trinajstić information content (AvgIpc) is 2.34. The van der Waals surface area contributed by atoms with E-state index in [0.29, 0.717) is 16.5 Å². The van der Waals surface area contributed by atoms with Gasteiger partial charge in [-0.2, -0.15) is 18.6 Å². The molecule has 0 saturated carbocycles. The van der Waals surface area contributed by atoms with E-state index in [4.69, 9.17) is 0 Å². The quantitative estimate of drug-likeness (QED) is 0.688. The first-order valence-corrected chi connectivity index (χ1v) is 7.23. The summed E-state index contributed by atoms with van der Waals surface area (Å²) in [5, 5.41) is 9.15. The third-order valence-electron chi connectivity index (χ3n) is 2.52. The first-order chi connectivity index (χ1) is 8.89. The minimum atomic E-state index is -4.29. The molecule has 6 heteroatoms. The van der Waals surface area contributed by atoms with E-state index in [0.717, 1.165) is 0 Å². The summed E-state index contributed by atoms with van der Waals surface area (Å²) in [5.74, 6) is 0. The largest absolute Gasteiger partial charge is 0.295 e. The molecule has 0 aliphatic heterocycles. The van der Waals surface area contributed by atoms with Crippen LogP contribution in [-0.4, -0.2) is 19.0 Å². The van der Waals surface area contributed by atoms with Crippen molar-refractivity contribution >= 4 is 26.6 Å². The van der Waals surface area contributed by atoms with Crippen molar-refractivity contribution in [3.8, 4) is 0 Å². The van der Waals surface area contributed by atoms with Gasteiger partial charge in [0.05, 0.1) is 11.7 Å². The zero-order valence-corrected chi connectivity index (χ0v) is 11.4. The van der Waals surface area contributed by atoms with Gasteiger partial charge in [-0.3, -0.25) is 4.55 Å². The Balaban J connectivity index is 2.79. The van der Waals surface area contributed by atoms with Crippen LogP contribution in [-0.2, 0) is 10.1 Å². The van der Waals surface area contributed by atoms with Crippen molar-refractivity contribution in [2.75, 3.05) is 0 Å². The van der Waals surface area contributed by atoms with Crippen LogP contribution in [0.3, 0.4) is 0 Å². The summed E-state index contributed by atoms with van der Waals surface area (Å²) in [6, 6.07) is 9.90. The van der Waals surface area contributed by atoms with E-state index in [-0.39, 0.29) is 10.9 Å². The van der Waals surface area contributed by atoms with Gasteiger partial charge in [0.25, 0.3) is 10.1 Å². The number of benzene rings is 2. The standard InChI is InChI=1S/C13H14N2O3S/c1-9(2)14-15-11-7-3-5-10-6-4-8-12(13(10)11)19(16,17)18/h3-9H,1-2H3,(H,16,17,18)/b15-14+. The Kier molecular flexibility index (Phi) is 3.64. The van der Waals surface area contributed by atoms with Crippen LogP contribution in [0.15, 0.2) is 51.5 Å². The van der Waals surface area contributed by atoms with E-state index in [2.05, 4.69) is 10.2 Å². The van der Waals surface area contributed by atoms with E-state index < -0.39 is 10.1 Å². The highest BCUT2D eigenvalue weighted by Crippen LogP contribution is 2.32. The number of fused-ring (bicyclic) bond motifs is 1. The zero-order valence-electron chi connectivity index (χ0n) is 10.6. The molecule has 0 heterocycles. The van der Waals surface area contributed by atoms with E-state index in [9.17, 15) is 13.0 Å². The smallest absolute Gasteiger partial charge is 0.282 e. The molecule has 0 bridgehead atoms. The Labute approximate surface area is 111 Å². The maximum atomic E-state index is 11.4. The lowest BCUT2D eigenvalue weighted by Gasteiger charge is -2.06. The Bertz CT molecular complexity index is 731. The van der Waals surface area contributed by atoms with Crippen molar-refractivity contribution in [3.63, 3.8) is 0 Å². The molecular weight excluding hydrogens is 264 g/mol. The minimum Gasteiger partial charge on any atom is -0.282 e. The zero-order chi connectivity index (χ0) is 14.0. The summed E-state index contributed by atoms with van der Waals surface area (Å²) in [6.45, 7) is 3.75. The SMILES string of the molecule is CC(C)/N=N/c1cccc2cccc(S(=O)(=O)O)c12. The van der Waals surface area contributed by atoms with E-state index in [1.807, 2.05) is 13.8 Å². The second-order valence-corrected chi connectivity index (χ2v) is 5.81. The molecule has 2 aromatic carbocycles. The lowest BCUT2D eigenvalue weighted by molar-refractivity contribution is 0.484. The molecular formula is C13H14N2O3S. The maximum absolute atomic E-state index is 11.4. The Morgan fingerprint density at radius 2 is 1.74 bits per heavy atom. The van der Waals surface area contributed by atoms with Crippen LogP contribution in [0.2, 0.25) is 0 Å². The van der Waals surface area contributed by atoms with Gasteiger partial charge >= 0.3 is 0 Å². The molecule has 100 valence electrons. The highest BCUT2D eigenvalue weighted by atomic mass is 32.2. The Hall–Kier alpha value is -1.79. The van der Waals surface area contributed by atoms with Gasteiger partial charge in [-0.15, -0.1) is 0 Å². The van der Waals surface area contributed by atoms with Crippen LogP contribution in [0, 0.1) is 0 Å². The van der Waals surface area contributed by atoms with Gasteiger partial charge in [0.15, 0.2) is 0 Å². The minimum absolute atomic E-state index is 0.00755. The lowest BCUT2D eigenvalue weighted by atomic mass is 10.1. The van der Waals surface area contributed by atoms with Crippen LogP contribution in [0.4, 0.5) is 5.69 Å². The molecule has 0 aliphatic rings. The monoisotopic (exact) mass is 278 g/mol. The number of hydrogen-bond acceptors (Lipinski definition) is 4. The lowest BCUT2D eigenvalue weighted by Crippen LogP contribution is -1.99. The van der Waals surface area contributed by atoms with Crippen LogP contribution < -0.4 is 0 Å². The van der Waals surface area contributed by atoms with E-state index in [1.54, 1.807) is 30.3 Å². The fraction of sp³-hybridized carbons (Fsp3) is 0.231. The molecule has 0 atom stereocenters. The van der Waals surface area contributed by atoms with Gasteiger partial charge in [0.2, 0.25) is 0 Å². The van der Waals surface area contributed by atoms with Crippen molar-refractivity contribution in [1.82, 2.24) is 0 Å². The fourth-order valence-electron chi connectivity index (χ4n) is 1.76. The molecule has 0 fully saturated rings. The van der Waals surface area contributed by atoms with Gasteiger partial charge in [-0.05, 0) is 31.4 Å². The van der Waals surface area contributed by atoms with Crippen LogP contribution in [0.1, 0.15) is 13.8 Å². The average molecular weight is 278 g/mol. The second-order valence-electron chi connectivity index (χ2n) is 4.42. The number of azo groups is 1. The molecule has 0 amide bonds. The molecule has 0 radical (unpaired) electrons. The van der Waals surface area contributed by atoms with Crippen molar-refractivity contribution in [2.45, 2.75) is 24.8 Å². The van der Waals surface area contributed by atoms with Crippen molar-refractivity contribution in [1.29, 1.82) is 0 Å². The molecule has 5 nitrogen and oxygen atoms in total. The first-order valence-electron chi connectivity index (χ1n) is 5.79. The predicted octanol–water partition coefficient (Wildman–Crippen LogP) is 3.58. The highest BCUT2D eigenvalue weighted by molar-refractivity contribution is 7.86. The third-order valence-corrected chi connectivity index (χ3v) is 3.41. The Morgan fingerprint density at radius 3 is 2.32 bits per heavy atom. The number of nitrogens with zero attached hydrogens (tertiary/aromatic N) is 2. The maximum Gasteiger partial charge on any atom is 0.295 e. The van der Waals surface area contributed by atoms with Gasteiger partial charge < -0.3 is 0 Å². The molecule has 0 aliphatic carbocycles. The molecule has 0 unspecified atom stereocenters. The van der Waals surface area contributed by atoms with Crippen molar-refractivity contribution < 1.29 is 13.0 Å². The molecule has 2 aromatic rings. The molecule has 1 N–H and O–H groups in total. The van der Waals surface area contributed by atoms with Gasteiger partial charge in [-0.25, -0.2) is 0 Å². The van der Waals surface area contributed by atoms with Gasteiger partial charge in [0, 0.05) is 5.39 Å². The van der Waals surface area contributed by atoms with Crippen molar-refractivity contribution in [2.24, 2.45) is 10.2 Å². The number of hydrogen-bond donors (Lipinski definition) is 1. The summed E-state index contributed by atoms with van der Waals surface area (Å²) < 4.78 is 32.1. The topological polar surface area (TPSA) is 79.1 Å². The summed E-state index contributed by atoms with van der Waals surface area (Å²) >= 11 is 0. The molecule has 2 rings (SSSR count). The summed E-state index contributed by atoms with van der Waals surface area (Å²) in [6.07, 6.45) is 0. The number of rotatable bonds is 3. The summed E-state index contributed by atoms with van der Waals surface area (Å²) in [7, 11) is -4.29. The summed E-state index contributed by atoms with van der Waals surface area (Å²) in [5.41, 5.74) is 0.430.